The fourth-order valence-electron chi connectivity index (χ4n) is 2.85. The largest absolute Gasteiger partial charge is 0.496 e. The van der Waals surface area contributed by atoms with E-state index in [9.17, 15) is 18.0 Å². The van der Waals surface area contributed by atoms with Crippen LogP contribution in [-0.2, 0) is 17.6 Å². The molecule has 0 aromatic heterocycles. The van der Waals surface area contributed by atoms with Crippen molar-refractivity contribution in [2.24, 2.45) is 0 Å². The zero-order valence-electron chi connectivity index (χ0n) is 16.2. The van der Waals surface area contributed by atoms with Crippen molar-refractivity contribution in [2.75, 3.05) is 13.7 Å². The molecule has 158 valence electrons. The summed E-state index contributed by atoms with van der Waals surface area (Å²) in [6.07, 6.45) is -2.72. The SMILES string of the molecule is CCN1C(=O)/C(=C\c2ccc(OC)c(COc3cccc(C(F)(F)F)c3)c2)SC1=S. The monoisotopic (exact) mass is 453 g/mol. The van der Waals surface area contributed by atoms with E-state index in [1.807, 2.05) is 6.92 Å². The summed E-state index contributed by atoms with van der Waals surface area (Å²) in [5.74, 6) is 0.478. The number of hydrogen-bond acceptors (Lipinski definition) is 5. The van der Waals surface area contributed by atoms with E-state index in [2.05, 4.69) is 0 Å². The first-order valence-electron chi connectivity index (χ1n) is 8.95. The highest BCUT2D eigenvalue weighted by Crippen LogP contribution is 2.34. The average molecular weight is 454 g/mol. The first kappa shape index (κ1) is 22.2. The Balaban J connectivity index is 1.82. The molecule has 0 saturated carbocycles. The molecule has 0 aliphatic carbocycles. The molecule has 1 aliphatic rings. The number of nitrogens with zero attached hydrogens (tertiary/aromatic N) is 1. The number of halogens is 3. The minimum absolute atomic E-state index is 0.00207. The molecule has 0 atom stereocenters. The molecule has 30 heavy (non-hydrogen) atoms. The second kappa shape index (κ2) is 9.09. The number of carbonyl (C=O) groups is 1. The van der Waals surface area contributed by atoms with Gasteiger partial charge in [-0.3, -0.25) is 9.69 Å². The summed E-state index contributed by atoms with van der Waals surface area (Å²) in [5, 5.41) is 0. The maximum absolute atomic E-state index is 12.9. The van der Waals surface area contributed by atoms with E-state index in [0.717, 1.165) is 17.7 Å². The van der Waals surface area contributed by atoms with Gasteiger partial charge in [0.05, 0.1) is 17.6 Å². The van der Waals surface area contributed by atoms with Crippen LogP contribution < -0.4 is 9.47 Å². The summed E-state index contributed by atoms with van der Waals surface area (Å²) >= 11 is 6.45. The molecule has 3 rings (SSSR count). The molecule has 1 aliphatic heterocycles. The summed E-state index contributed by atoms with van der Waals surface area (Å²) in [4.78, 5) is 14.4. The molecule has 0 radical (unpaired) electrons. The first-order chi connectivity index (χ1) is 14.2. The lowest BCUT2D eigenvalue weighted by Crippen LogP contribution is -2.27. The van der Waals surface area contributed by atoms with E-state index in [0.29, 0.717) is 27.1 Å². The lowest BCUT2D eigenvalue weighted by molar-refractivity contribution is -0.137. The number of benzene rings is 2. The molecular formula is C21H18F3NO3S2. The van der Waals surface area contributed by atoms with Gasteiger partial charge in [0, 0.05) is 12.1 Å². The molecule has 9 heteroatoms. The van der Waals surface area contributed by atoms with Crippen LogP contribution in [0.15, 0.2) is 47.4 Å². The summed E-state index contributed by atoms with van der Waals surface area (Å²) in [6.45, 7) is 2.35. The second-order valence-corrected chi connectivity index (χ2v) is 7.99. The lowest BCUT2D eigenvalue weighted by Gasteiger charge is -2.13. The normalized spacial score (nSPS) is 15.8. The Morgan fingerprint density at radius 2 is 1.97 bits per heavy atom. The van der Waals surface area contributed by atoms with Crippen molar-refractivity contribution >= 4 is 40.3 Å². The van der Waals surface area contributed by atoms with Gasteiger partial charge in [0.2, 0.25) is 0 Å². The van der Waals surface area contributed by atoms with Gasteiger partial charge in [0.25, 0.3) is 5.91 Å². The van der Waals surface area contributed by atoms with Crippen molar-refractivity contribution in [1.29, 1.82) is 0 Å². The van der Waals surface area contributed by atoms with Crippen LogP contribution in [0.2, 0.25) is 0 Å². The Labute approximate surface area is 181 Å². The highest BCUT2D eigenvalue weighted by Gasteiger charge is 2.31. The predicted octanol–water partition coefficient (Wildman–Crippen LogP) is 5.51. The Hall–Kier alpha value is -2.52. The Morgan fingerprint density at radius 3 is 2.60 bits per heavy atom. The van der Waals surface area contributed by atoms with Crippen molar-refractivity contribution < 1.29 is 27.4 Å². The van der Waals surface area contributed by atoms with E-state index in [1.165, 1.54) is 35.9 Å². The van der Waals surface area contributed by atoms with Crippen LogP contribution >= 0.6 is 24.0 Å². The molecule has 0 bridgehead atoms. The molecule has 0 spiro atoms. The van der Waals surface area contributed by atoms with Crippen LogP contribution in [0.5, 0.6) is 11.5 Å². The standard InChI is InChI=1S/C21H18F3NO3S2/c1-3-25-19(26)18(30-20(25)29)10-13-7-8-17(27-2)14(9-13)12-28-16-6-4-5-15(11-16)21(22,23)24/h4-11H,3,12H2,1-2H3/b18-10+. The molecule has 1 saturated heterocycles. The number of hydrogen-bond donors (Lipinski definition) is 0. The maximum atomic E-state index is 12.9. The fourth-order valence-corrected chi connectivity index (χ4v) is 4.23. The summed E-state index contributed by atoms with van der Waals surface area (Å²) in [7, 11) is 1.50. The summed E-state index contributed by atoms with van der Waals surface area (Å²) in [5.41, 5.74) is 0.586. The number of likely N-dealkylation sites (N-methyl/N-ethyl adjacent to an activating group) is 1. The Kier molecular flexibility index (Phi) is 6.72. The highest BCUT2D eigenvalue weighted by molar-refractivity contribution is 8.26. The van der Waals surface area contributed by atoms with E-state index in [4.69, 9.17) is 21.7 Å². The quantitative estimate of drug-likeness (QED) is 0.426. The van der Waals surface area contributed by atoms with Crippen molar-refractivity contribution in [2.45, 2.75) is 19.7 Å². The zero-order chi connectivity index (χ0) is 21.9. The molecule has 0 N–H and O–H groups in total. The van der Waals surface area contributed by atoms with E-state index in [-0.39, 0.29) is 18.3 Å². The predicted molar refractivity (Wildman–Crippen MR) is 114 cm³/mol. The molecule has 4 nitrogen and oxygen atoms in total. The number of methoxy groups -OCH3 is 1. The number of thiocarbonyl (C=S) groups is 1. The number of ether oxygens (including phenoxy) is 2. The van der Waals surface area contributed by atoms with Crippen LogP contribution in [0.1, 0.15) is 23.6 Å². The zero-order valence-corrected chi connectivity index (χ0v) is 17.8. The van der Waals surface area contributed by atoms with Crippen LogP contribution in [0.3, 0.4) is 0 Å². The number of thioether (sulfide) groups is 1. The van der Waals surface area contributed by atoms with Gasteiger partial charge in [-0.25, -0.2) is 0 Å². The third-order valence-corrected chi connectivity index (χ3v) is 5.73. The van der Waals surface area contributed by atoms with E-state index >= 15 is 0 Å². The van der Waals surface area contributed by atoms with Crippen molar-refractivity contribution in [3.8, 4) is 11.5 Å². The number of rotatable bonds is 6. The average Bonchev–Trinajstić information content (AvgIpc) is 2.98. The highest BCUT2D eigenvalue weighted by atomic mass is 32.2. The molecule has 2 aromatic carbocycles. The maximum Gasteiger partial charge on any atom is 0.416 e. The van der Waals surface area contributed by atoms with Gasteiger partial charge in [-0.1, -0.05) is 36.1 Å². The minimum Gasteiger partial charge on any atom is -0.496 e. The topological polar surface area (TPSA) is 38.8 Å². The van der Waals surface area contributed by atoms with E-state index in [1.54, 1.807) is 24.3 Å². The molecular weight excluding hydrogens is 435 g/mol. The Bertz CT molecular complexity index is 1010. The van der Waals surface area contributed by atoms with Crippen LogP contribution in [0.25, 0.3) is 6.08 Å². The van der Waals surface area contributed by atoms with Crippen LogP contribution in [-0.4, -0.2) is 28.8 Å². The third kappa shape index (κ3) is 4.96. The summed E-state index contributed by atoms with van der Waals surface area (Å²) < 4.78 is 50.1. The first-order valence-corrected chi connectivity index (χ1v) is 10.2. The van der Waals surface area contributed by atoms with Crippen molar-refractivity contribution in [3.63, 3.8) is 0 Å². The smallest absolute Gasteiger partial charge is 0.416 e. The van der Waals surface area contributed by atoms with Crippen molar-refractivity contribution in [3.05, 3.63) is 64.1 Å². The second-order valence-electron chi connectivity index (χ2n) is 6.31. The molecule has 2 aromatic rings. The van der Waals surface area contributed by atoms with Gasteiger partial charge in [-0.15, -0.1) is 0 Å². The molecule has 0 unspecified atom stereocenters. The third-order valence-electron chi connectivity index (χ3n) is 4.35. The molecule has 1 amide bonds. The minimum atomic E-state index is -4.44. The molecule has 1 fully saturated rings. The molecule has 1 heterocycles. The lowest BCUT2D eigenvalue weighted by atomic mass is 10.1. The van der Waals surface area contributed by atoms with Crippen LogP contribution in [0.4, 0.5) is 13.2 Å². The van der Waals surface area contributed by atoms with Gasteiger partial charge in [0.1, 0.15) is 22.4 Å². The van der Waals surface area contributed by atoms with Gasteiger partial charge in [0.15, 0.2) is 0 Å². The van der Waals surface area contributed by atoms with Crippen molar-refractivity contribution in [1.82, 2.24) is 4.90 Å². The number of carbonyl (C=O) groups excluding carboxylic acids is 1. The summed E-state index contributed by atoms with van der Waals surface area (Å²) in [6, 6.07) is 9.96. The van der Waals surface area contributed by atoms with Gasteiger partial charge < -0.3 is 9.47 Å². The van der Waals surface area contributed by atoms with E-state index < -0.39 is 11.7 Å². The number of amides is 1. The van der Waals surface area contributed by atoms with Gasteiger partial charge >= 0.3 is 6.18 Å². The van der Waals surface area contributed by atoms with Gasteiger partial charge in [-0.2, -0.15) is 13.2 Å². The number of alkyl halides is 3. The fraction of sp³-hybridized carbons (Fsp3) is 0.238. The van der Waals surface area contributed by atoms with Gasteiger partial charge in [-0.05, 0) is 48.9 Å². The van der Waals surface area contributed by atoms with Crippen LogP contribution in [0, 0.1) is 0 Å². The Morgan fingerprint density at radius 1 is 1.20 bits per heavy atom.